The summed E-state index contributed by atoms with van der Waals surface area (Å²) in [6.45, 7) is 0.607. The maximum Gasteiger partial charge on any atom is 0.181 e. The van der Waals surface area contributed by atoms with Crippen molar-refractivity contribution in [3.05, 3.63) is 60.4 Å². The molecule has 0 radical (unpaired) electrons. The number of phenols is 1. The van der Waals surface area contributed by atoms with E-state index in [1.807, 2.05) is 36.4 Å². The fourth-order valence-electron chi connectivity index (χ4n) is 1.97. The van der Waals surface area contributed by atoms with Crippen LogP contribution in [-0.2, 0) is 6.54 Å². The molecule has 1 heterocycles. The molecule has 5 nitrogen and oxygen atoms in total. The van der Waals surface area contributed by atoms with E-state index >= 15 is 0 Å². The van der Waals surface area contributed by atoms with Gasteiger partial charge in [-0.1, -0.05) is 24.3 Å². The van der Waals surface area contributed by atoms with Gasteiger partial charge in [-0.05, 0) is 29.8 Å². The number of nitrogens with zero attached hydrogens (tertiary/aromatic N) is 3. The summed E-state index contributed by atoms with van der Waals surface area (Å²) in [6, 6.07) is 14.5. The monoisotopic (exact) mass is 266 g/mol. The molecule has 3 aromatic rings. The lowest BCUT2D eigenvalue weighted by atomic mass is 10.2. The zero-order valence-corrected chi connectivity index (χ0v) is 10.8. The maximum absolute atomic E-state index is 9.25. The molecule has 5 heteroatoms. The molecule has 0 fully saturated rings. The number of benzene rings is 2. The van der Waals surface area contributed by atoms with Crippen LogP contribution in [0.25, 0.3) is 11.4 Å². The number of rotatable bonds is 3. The van der Waals surface area contributed by atoms with Gasteiger partial charge in [0.2, 0.25) is 0 Å². The van der Waals surface area contributed by atoms with Crippen molar-refractivity contribution in [3.8, 4) is 17.1 Å². The first-order valence-corrected chi connectivity index (χ1v) is 6.24. The summed E-state index contributed by atoms with van der Waals surface area (Å²) < 4.78 is 1.75. The van der Waals surface area contributed by atoms with Crippen LogP contribution in [0.3, 0.4) is 0 Å². The van der Waals surface area contributed by atoms with Gasteiger partial charge >= 0.3 is 0 Å². The predicted octanol–water partition coefficient (Wildman–Crippen LogP) is 2.28. The van der Waals surface area contributed by atoms with Crippen LogP contribution < -0.4 is 5.73 Å². The number of aromatic nitrogens is 3. The summed E-state index contributed by atoms with van der Waals surface area (Å²) >= 11 is 0. The first kappa shape index (κ1) is 12.2. The average molecular weight is 266 g/mol. The molecule has 1 aromatic heterocycles. The van der Waals surface area contributed by atoms with Gasteiger partial charge in [0, 0.05) is 11.3 Å². The summed E-state index contributed by atoms with van der Waals surface area (Å²) in [7, 11) is 0. The van der Waals surface area contributed by atoms with Crippen molar-refractivity contribution in [2.24, 2.45) is 0 Å². The fourth-order valence-corrected chi connectivity index (χ4v) is 1.97. The highest BCUT2D eigenvalue weighted by Gasteiger charge is 2.05. The molecule has 0 atom stereocenters. The lowest BCUT2D eigenvalue weighted by Crippen LogP contribution is -2.00. The Labute approximate surface area is 116 Å². The molecule has 0 saturated carbocycles. The normalized spacial score (nSPS) is 10.6. The summed E-state index contributed by atoms with van der Waals surface area (Å²) in [4.78, 5) is 4.29. The Kier molecular flexibility index (Phi) is 3.09. The number of phenolic OH excluding ortho intramolecular Hbond substituents is 1. The summed E-state index contributed by atoms with van der Waals surface area (Å²) in [6.07, 6.45) is 1.69. The molecule has 2 aromatic carbocycles. The van der Waals surface area contributed by atoms with Crippen LogP contribution in [0, 0.1) is 0 Å². The topological polar surface area (TPSA) is 77.0 Å². The highest BCUT2D eigenvalue weighted by atomic mass is 16.3. The van der Waals surface area contributed by atoms with Crippen molar-refractivity contribution in [1.29, 1.82) is 0 Å². The van der Waals surface area contributed by atoms with Gasteiger partial charge in [-0.25, -0.2) is 9.67 Å². The van der Waals surface area contributed by atoms with Crippen LogP contribution in [0.2, 0.25) is 0 Å². The van der Waals surface area contributed by atoms with Gasteiger partial charge in [-0.2, -0.15) is 5.10 Å². The smallest absolute Gasteiger partial charge is 0.181 e. The highest BCUT2D eigenvalue weighted by Crippen LogP contribution is 2.17. The molecule has 0 unspecified atom stereocenters. The third-order valence-corrected chi connectivity index (χ3v) is 2.96. The van der Waals surface area contributed by atoms with Gasteiger partial charge in [0.15, 0.2) is 5.82 Å². The molecule has 0 saturated heterocycles. The van der Waals surface area contributed by atoms with E-state index in [2.05, 4.69) is 10.1 Å². The largest absolute Gasteiger partial charge is 0.508 e. The third-order valence-electron chi connectivity index (χ3n) is 2.96. The highest BCUT2D eigenvalue weighted by molar-refractivity contribution is 5.60. The molecular formula is C15H14N4O. The molecule has 0 amide bonds. The molecule has 20 heavy (non-hydrogen) atoms. The Morgan fingerprint density at radius 2 is 1.90 bits per heavy atom. The van der Waals surface area contributed by atoms with E-state index in [1.165, 1.54) is 0 Å². The first-order valence-electron chi connectivity index (χ1n) is 6.24. The number of anilines is 1. The predicted molar refractivity (Wildman–Crippen MR) is 77.1 cm³/mol. The minimum absolute atomic E-state index is 0.257. The van der Waals surface area contributed by atoms with Gasteiger partial charge in [0.05, 0.1) is 6.54 Å². The number of nitrogens with two attached hydrogens (primary N) is 1. The van der Waals surface area contributed by atoms with Crippen LogP contribution in [-0.4, -0.2) is 19.9 Å². The van der Waals surface area contributed by atoms with Crippen LogP contribution in [0.1, 0.15) is 5.56 Å². The van der Waals surface area contributed by atoms with Gasteiger partial charge < -0.3 is 10.8 Å². The second-order valence-electron chi connectivity index (χ2n) is 4.56. The fraction of sp³-hybridized carbons (Fsp3) is 0.0667. The van der Waals surface area contributed by atoms with Gasteiger partial charge in [-0.15, -0.1) is 0 Å². The molecular weight excluding hydrogens is 252 g/mol. The Hall–Kier alpha value is -2.82. The summed E-state index contributed by atoms with van der Waals surface area (Å²) in [5, 5.41) is 13.7. The second kappa shape index (κ2) is 5.05. The minimum atomic E-state index is 0.257. The molecule has 0 bridgehead atoms. The lowest BCUT2D eigenvalue weighted by molar-refractivity contribution is 0.475. The Balaban J connectivity index is 1.82. The number of nitrogen functional groups attached to an aromatic ring is 1. The minimum Gasteiger partial charge on any atom is -0.508 e. The van der Waals surface area contributed by atoms with Gasteiger partial charge in [0.25, 0.3) is 0 Å². The molecule has 3 rings (SSSR count). The molecule has 100 valence electrons. The van der Waals surface area contributed by atoms with E-state index in [0.29, 0.717) is 18.1 Å². The quantitative estimate of drug-likeness (QED) is 0.713. The Bertz CT molecular complexity index is 719. The number of aromatic hydroxyl groups is 1. The molecule has 0 spiro atoms. The van der Waals surface area contributed by atoms with E-state index in [9.17, 15) is 5.11 Å². The zero-order chi connectivity index (χ0) is 13.9. The third kappa shape index (κ3) is 2.61. The summed E-state index contributed by atoms with van der Waals surface area (Å²) in [5.74, 6) is 0.906. The van der Waals surface area contributed by atoms with Crippen LogP contribution >= 0.6 is 0 Å². The van der Waals surface area contributed by atoms with Crippen molar-refractivity contribution in [2.75, 3.05) is 5.73 Å². The second-order valence-corrected chi connectivity index (χ2v) is 4.56. The Morgan fingerprint density at radius 1 is 1.10 bits per heavy atom. The maximum atomic E-state index is 9.25. The number of hydrogen-bond acceptors (Lipinski definition) is 4. The standard InChI is InChI=1S/C15H14N4O/c16-13-3-1-2-12(8-13)15-17-10-19(18-15)9-11-4-6-14(20)7-5-11/h1-8,10,20H,9,16H2. The van der Waals surface area contributed by atoms with E-state index in [4.69, 9.17) is 5.73 Å². The molecule has 0 aliphatic heterocycles. The molecule has 0 aliphatic rings. The van der Waals surface area contributed by atoms with Crippen LogP contribution in [0.4, 0.5) is 5.69 Å². The van der Waals surface area contributed by atoms with Crippen molar-refractivity contribution in [1.82, 2.24) is 14.8 Å². The lowest BCUT2D eigenvalue weighted by Gasteiger charge is -2.01. The number of hydrogen-bond donors (Lipinski definition) is 2. The van der Waals surface area contributed by atoms with Gasteiger partial charge in [-0.3, -0.25) is 0 Å². The van der Waals surface area contributed by atoms with Crippen LogP contribution in [0.5, 0.6) is 5.75 Å². The van der Waals surface area contributed by atoms with Crippen LogP contribution in [0.15, 0.2) is 54.9 Å². The van der Waals surface area contributed by atoms with Gasteiger partial charge in [0.1, 0.15) is 12.1 Å². The van der Waals surface area contributed by atoms with Crippen molar-refractivity contribution in [2.45, 2.75) is 6.54 Å². The first-order chi connectivity index (χ1) is 9.70. The zero-order valence-electron chi connectivity index (χ0n) is 10.8. The van der Waals surface area contributed by atoms with E-state index < -0.39 is 0 Å². The van der Waals surface area contributed by atoms with E-state index in [1.54, 1.807) is 23.1 Å². The Morgan fingerprint density at radius 3 is 2.65 bits per heavy atom. The molecule has 3 N–H and O–H groups in total. The average Bonchev–Trinajstić information content (AvgIpc) is 2.90. The van der Waals surface area contributed by atoms with E-state index in [-0.39, 0.29) is 5.75 Å². The summed E-state index contributed by atoms with van der Waals surface area (Å²) in [5.41, 5.74) is 8.39. The SMILES string of the molecule is Nc1cccc(-c2ncn(Cc3ccc(O)cc3)n2)c1. The van der Waals surface area contributed by atoms with Crippen molar-refractivity contribution < 1.29 is 5.11 Å². The van der Waals surface area contributed by atoms with E-state index in [0.717, 1.165) is 11.1 Å². The van der Waals surface area contributed by atoms with Crippen molar-refractivity contribution in [3.63, 3.8) is 0 Å². The van der Waals surface area contributed by atoms with Crippen molar-refractivity contribution >= 4 is 5.69 Å². The molecule has 0 aliphatic carbocycles.